The molecule has 0 spiro atoms. The Morgan fingerprint density at radius 3 is 2.83 bits per heavy atom. The van der Waals surface area contributed by atoms with Crippen molar-refractivity contribution in [3.63, 3.8) is 0 Å². The van der Waals surface area contributed by atoms with Crippen LogP contribution in [-0.2, 0) is 0 Å². The highest BCUT2D eigenvalue weighted by Crippen LogP contribution is 2.46. The average Bonchev–Trinajstić information content (AvgIpc) is 3.53. The van der Waals surface area contributed by atoms with Gasteiger partial charge in [-0.2, -0.15) is 0 Å². The number of fused-ring (bicyclic) bond motifs is 3. The van der Waals surface area contributed by atoms with E-state index in [1.165, 1.54) is 0 Å². The highest BCUT2D eigenvalue weighted by Gasteiger charge is 2.28. The minimum Gasteiger partial charge on any atom is -0.493 e. The van der Waals surface area contributed by atoms with Crippen LogP contribution in [0.4, 0.5) is 5.69 Å². The number of aromatic nitrogens is 1. The van der Waals surface area contributed by atoms with Crippen molar-refractivity contribution in [2.45, 2.75) is 0 Å². The fourth-order valence-electron chi connectivity index (χ4n) is 4.29. The summed E-state index contributed by atoms with van der Waals surface area (Å²) in [6.45, 7) is 0.199. The number of ether oxygens (including phenoxy) is 3. The second-order valence-electron chi connectivity index (χ2n) is 7.28. The maximum absolute atomic E-state index is 5.71. The Morgan fingerprint density at radius 1 is 1.03 bits per heavy atom. The molecule has 2 aliphatic heterocycles. The molecule has 0 aliphatic carbocycles. The maximum Gasteiger partial charge on any atom is 0.231 e. The molecule has 0 saturated carbocycles. The van der Waals surface area contributed by atoms with E-state index in [1.807, 2.05) is 24.3 Å². The van der Waals surface area contributed by atoms with Gasteiger partial charge in [0.25, 0.3) is 0 Å². The largest absolute Gasteiger partial charge is 0.493 e. The average molecular weight is 395 g/mol. The van der Waals surface area contributed by atoms with Gasteiger partial charge >= 0.3 is 0 Å². The number of hydrogen-bond acceptors (Lipinski definition) is 3. The van der Waals surface area contributed by atoms with Gasteiger partial charge in [-0.15, -0.1) is 0 Å². The van der Waals surface area contributed by atoms with Gasteiger partial charge in [0.05, 0.1) is 18.2 Å². The van der Waals surface area contributed by atoms with Crippen LogP contribution in [0.15, 0.2) is 66.9 Å². The quantitative estimate of drug-likeness (QED) is 0.557. The molecule has 1 aromatic heterocycles. The van der Waals surface area contributed by atoms with E-state index in [-0.39, 0.29) is 6.79 Å². The first kappa shape index (κ1) is 16.9. The van der Waals surface area contributed by atoms with Crippen molar-refractivity contribution in [1.29, 1.82) is 0 Å². The van der Waals surface area contributed by atoms with Gasteiger partial charge in [0, 0.05) is 34.3 Å². The molecule has 2 aliphatic rings. The SMILES string of the molecule is COc1cc(C(=C2C=[NH+]c3ccccc32)c2c[nH]c3ccccc23)cc2c1OCO2. The van der Waals surface area contributed by atoms with Gasteiger partial charge < -0.3 is 19.2 Å². The Morgan fingerprint density at radius 2 is 1.90 bits per heavy atom. The third-order valence-corrected chi connectivity index (χ3v) is 5.66. The van der Waals surface area contributed by atoms with Crippen LogP contribution in [-0.4, -0.2) is 25.1 Å². The summed E-state index contributed by atoms with van der Waals surface area (Å²) in [6.07, 6.45) is 4.14. The van der Waals surface area contributed by atoms with Gasteiger partial charge in [-0.25, -0.2) is 4.99 Å². The van der Waals surface area contributed by atoms with Crippen molar-refractivity contribution in [2.24, 2.45) is 0 Å². The van der Waals surface area contributed by atoms with Crippen molar-refractivity contribution in [2.75, 3.05) is 13.9 Å². The number of methoxy groups -OCH3 is 1. The van der Waals surface area contributed by atoms with Crippen LogP contribution in [0.25, 0.3) is 22.0 Å². The normalized spacial score (nSPS) is 15.5. The van der Waals surface area contributed by atoms with Crippen LogP contribution in [0.1, 0.15) is 16.7 Å². The first-order valence-electron chi connectivity index (χ1n) is 9.81. The fourth-order valence-corrected chi connectivity index (χ4v) is 4.29. The lowest BCUT2D eigenvalue weighted by Gasteiger charge is -2.13. The van der Waals surface area contributed by atoms with Crippen molar-refractivity contribution in [3.8, 4) is 17.2 Å². The second kappa shape index (κ2) is 6.52. The molecule has 2 N–H and O–H groups in total. The molecule has 146 valence electrons. The minimum atomic E-state index is 0.199. The maximum atomic E-state index is 5.71. The lowest BCUT2D eigenvalue weighted by atomic mass is 9.89. The van der Waals surface area contributed by atoms with Gasteiger partial charge in [0.15, 0.2) is 17.7 Å². The molecule has 30 heavy (non-hydrogen) atoms. The summed E-state index contributed by atoms with van der Waals surface area (Å²) in [4.78, 5) is 6.82. The second-order valence-corrected chi connectivity index (χ2v) is 7.28. The molecule has 5 heteroatoms. The molecule has 4 aromatic rings. The predicted octanol–water partition coefficient (Wildman–Crippen LogP) is 3.66. The van der Waals surface area contributed by atoms with Gasteiger partial charge in [0.2, 0.25) is 18.2 Å². The number of para-hydroxylation sites is 2. The molecule has 0 fully saturated rings. The van der Waals surface area contributed by atoms with Crippen LogP contribution in [0.5, 0.6) is 17.2 Å². The summed E-state index contributed by atoms with van der Waals surface area (Å²) < 4.78 is 16.9. The molecule has 0 saturated heterocycles. The summed E-state index contributed by atoms with van der Waals surface area (Å²) in [5.41, 5.74) is 7.70. The third kappa shape index (κ3) is 2.45. The van der Waals surface area contributed by atoms with E-state index in [1.54, 1.807) is 7.11 Å². The monoisotopic (exact) mass is 395 g/mol. The molecular formula is C25H19N2O3+. The van der Waals surface area contributed by atoms with Gasteiger partial charge in [0.1, 0.15) is 0 Å². The molecule has 0 radical (unpaired) electrons. The van der Waals surface area contributed by atoms with Gasteiger partial charge in [-0.05, 0) is 29.8 Å². The van der Waals surface area contributed by atoms with E-state index in [0.717, 1.165) is 44.4 Å². The number of rotatable bonds is 3. The number of H-pyrrole nitrogens is 1. The Bertz CT molecular complexity index is 1360. The van der Waals surface area contributed by atoms with Gasteiger partial charge in [-0.3, -0.25) is 0 Å². The Kier molecular flexibility index (Phi) is 3.68. The van der Waals surface area contributed by atoms with E-state index in [0.29, 0.717) is 17.2 Å². The molecule has 6 rings (SSSR count). The first-order chi connectivity index (χ1) is 14.8. The topological polar surface area (TPSA) is 57.5 Å². The highest BCUT2D eigenvalue weighted by molar-refractivity contribution is 6.25. The summed E-state index contributed by atoms with van der Waals surface area (Å²) in [6, 6.07) is 20.7. The molecule has 0 unspecified atom stereocenters. The number of hydrogen-bond donors (Lipinski definition) is 2. The van der Waals surface area contributed by atoms with E-state index in [4.69, 9.17) is 14.2 Å². The smallest absolute Gasteiger partial charge is 0.231 e. The lowest BCUT2D eigenvalue weighted by Crippen LogP contribution is -2.58. The Balaban J connectivity index is 1.68. The van der Waals surface area contributed by atoms with Gasteiger partial charge in [-0.1, -0.05) is 30.3 Å². The number of aromatic amines is 1. The first-order valence-corrected chi connectivity index (χ1v) is 9.81. The van der Waals surface area contributed by atoms with Crippen molar-refractivity contribution < 1.29 is 19.2 Å². The lowest BCUT2D eigenvalue weighted by molar-refractivity contribution is -0.342. The zero-order valence-electron chi connectivity index (χ0n) is 16.4. The Hall–Kier alpha value is -3.99. The van der Waals surface area contributed by atoms with Crippen molar-refractivity contribution in [3.05, 3.63) is 83.6 Å². The fraction of sp³-hybridized carbons (Fsp3) is 0.0800. The number of allylic oxidation sites excluding steroid dienone is 1. The number of nitrogens with one attached hydrogen (secondary N) is 2. The number of benzene rings is 3. The summed E-state index contributed by atoms with van der Waals surface area (Å²) >= 11 is 0. The molecule has 3 heterocycles. The van der Waals surface area contributed by atoms with E-state index in [2.05, 4.69) is 58.8 Å². The van der Waals surface area contributed by atoms with Crippen LogP contribution >= 0.6 is 0 Å². The van der Waals surface area contributed by atoms with E-state index < -0.39 is 0 Å². The molecule has 3 aromatic carbocycles. The predicted molar refractivity (Wildman–Crippen MR) is 116 cm³/mol. The van der Waals surface area contributed by atoms with Crippen LogP contribution in [0, 0.1) is 0 Å². The van der Waals surface area contributed by atoms with Crippen LogP contribution < -0.4 is 19.2 Å². The zero-order chi connectivity index (χ0) is 20.1. The standard InChI is InChI=1S/C25H18N2O3/c1-28-22-10-15(11-23-25(22)30-14-29-23)24(18-12-26-20-8-4-2-6-16(18)20)19-13-27-21-9-5-3-7-17(19)21/h2-13,26H,14H2,1H3/p+1. The molecule has 0 amide bonds. The zero-order valence-corrected chi connectivity index (χ0v) is 16.4. The van der Waals surface area contributed by atoms with E-state index in [9.17, 15) is 0 Å². The summed E-state index contributed by atoms with van der Waals surface area (Å²) in [5, 5.41) is 1.16. The third-order valence-electron chi connectivity index (χ3n) is 5.66. The highest BCUT2D eigenvalue weighted by atomic mass is 16.7. The summed E-state index contributed by atoms with van der Waals surface area (Å²) in [5.74, 6) is 2.01. The minimum absolute atomic E-state index is 0.199. The van der Waals surface area contributed by atoms with Crippen LogP contribution in [0.3, 0.4) is 0 Å². The van der Waals surface area contributed by atoms with Crippen LogP contribution in [0.2, 0.25) is 0 Å². The Labute approximate surface area is 173 Å². The molecular weight excluding hydrogens is 376 g/mol. The van der Waals surface area contributed by atoms with Crippen molar-refractivity contribution in [1.82, 2.24) is 4.98 Å². The summed E-state index contributed by atoms with van der Waals surface area (Å²) in [7, 11) is 1.65. The molecule has 0 atom stereocenters. The van der Waals surface area contributed by atoms with E-state index >= 15 is 0 Å². The van der Waals surface area contributed by atoms with Crippen molar-refractivity contribution >= 4 is 34.0 Å². The molecule has 0 bridgehead atoms. The molecule has 5 nitrogen and oxygen atoms in total.